The molecule has 0 aromatic heterocycles. The number of nitrogens with zero attached hydrogens (tertiary/aromatic N) is 1. The second-order valence-corrected chi connectivity index (χ2v) is 2.67. The molecular formula is C8H12F3N3. The normalized spacial score (nSPS) is 13.1. The van der Waals surface area contributed by atoms with Gasteiger partial charge in [-0.1, -0.05) is 6.58 Å². The van der Waals surface area contributed by atoms with Gasteiger partial charge in [0.15, 0.2) is 0 Å². The van der Waals surface area contributed by atoms with E-state index >= 15 is 0 Å². The maximum atomic E-state index is 11.8. The fraction of sp³-hybridized carbons (Fsp3) is 0.375. The highest BCUT2D eigenvalue weighted by atomic mass is 19.4. The molecule has 3 nitrogen and oxygen atoms in total. The monoisotopic (exact) mass is 207 g/mol. The summed E-state index contributed by atoms with van der Waals surface area (Å²) >= 11 is 0. The Morgan fingerprint density at radius 1 is 1.50 bits per heavy atom. The molecule has 0 rings (SSSR count). The molecule has 14 heavy (non-hydrogen) atoms. The number of nitrogens with one attached hydrogen (secondary N) is 1. The molecule has 0 aliphatic heterocycles. The average molecular weight is 207 g/mol. The van der Waals surface area contributed by atoms with Gasteiger partial charge < -0.3 is 11.1 Å². The van der Waals surface area contributed by atoms with Crippen molar-refractivity contribution in [1.82, 2.24) is 5.32 Å². The summed E-state index contributed by atoms with van der Waals surface area (Å²) in [6.07, 6.45) is -4.31. The lowest BCUT2D eigenvalue weighted by molar-refractivity contribution is -0.123. The number of alkyl halides is 3. The smallest absolute Gasteiger partial charge is 0.384 e. The van der Waals surface area contributed by atoms with Crippen molar-refractivity contribution in [3.63, 3.8) is 0 Å². The summed E-state index contributed by atoms with van der Waals surface area (Å²) in [4.78, 5) is 3.46. The first-order valence-electron chi connectivity index (χ1n) is 3.71. The molecule has 0 fully saturated rings. The molecule has 0 atom stereocenters. The van der Waals surface area contributed by atoms with Crippen LogP contribution in [0, 0.1) is 0 Å². The minimum absolute atomic E-state index is 0.147. The number of nitrogens with two attached hydrogens (primary N) is 1. The molecule has 0 spiro atoms. The van der Waals surface area contributed by atoms with Gasteiger partial charge in [-0.3, -0.25) is 4.99 Å². The van der Waals surface area contributed by atoms with Gasteiger partial charge in [0.1, 0.15) is 18.1 Å². The predicted octanol–water partition coefficient (Wildman–Crippen LogP) is 1.54. The summed E-state index contributed by atoms with van der Waals surface area (Å²) in [5.74, 6) is -0.176. The van der Waals surface area contributed by atoms with Crippen LogP contribution in [0.25, 0.3) is 0 Å². The van der Waals surface area contributed by atoms with E-state index in [0.29, 0.717) is 5.57 Å². The van der Waals surface area contributed by atoms with Gasteiger partial charge in [0.25, 0.3) is 0 Å². The summed E-state index contributed by atoms with van der Waals surface area (Å²) in [6, 6.07) is 0. The maximum Gasteiger partial charge on any atom is 0.405 e. The van der Waals surface area contributed by atoms with E-state index in [9.17, 15) is 13.2 Å². The lowest BCUT2D eigenvalue weighted by Crippen LogP contribution is -2.32. The van der Waals surface area contributed by atoms with Crippen LogP contribution in [0.3, 0.4) is 0 Å². The van der Waals surface area contributed by atoms with Crippen molar-refractivity contribution in [2.75, 3.05) is 6.54 Å². The molecule has 0 radical (unpaired) electrons. The van der Waals surface area contributed by atoms with E-state index in [-0.39, 0.29) is 11.5 Å². The minimum Gasteiger partial charge on any atom is -0.384 e. The Morgan fingerprint density at radius 3 is 2.29 bits per heavy atom. The predicted molar refractivity (Wildman–Crippen MR) is 49.6 cm³/mol. The van der Waals surface area contributed by atoms with E-state index in [4.69, 9.17) is 5.73 Å². The average Bonchev–Trinajstić information content (AvgIpc) is 2.00. The van der Waals surface area contributed by atoms with Crippen LogP contribution < -0.4 is 11.1 Å². The molecule has 0 saturated carbocycles. The van der Waals surface area contributed by atoms with Gasteiger partial charge in [-0.2, -0.15) is 13.2 Å². The van der Waals surface area contributed by atoms with Crippen LogP contribution in [0.15, 0.2) is 28.7 Å². The molecule has 0 amide bonds. The van der Waals surface area contributed by atoms with Crippen molar-refractivity contribution in [2.24, 2.45) is 10.7 Å². The van der Waals surface area contributed by atoms with Crippen LogP contribution in [-0.4, -0.2) is 19.4 Å². The highest BCUT2D eigenvalue weighted by molar-refractivity contribution is 5.38. The SMILES string of the molecule is C=N/C(C(=C)C)=C(/N)NCC(F)(F)F. The largest absolute Gasteiger partial charge is 0.405 e. The van der Waals surface area contributed by atoms with E-state index in [0.717, 1.165) is 0 Å². The van der Waals surface area contributed by atoms with Crippen molar-refractivity contribution >= 4 is 6.72 Å². The second kappa shape index (κ2) is 4.69. The standard InChI is InChI=1S/C8H12F3N3/c1-5(2)6(13-3)7(12)14-4-8(9,10)11/h14H,1,3-4,12H2,2H3/b7-6-. The minimum atomic E-state index is -4.31. The highest BCUT2D eigenvalue weighted by Crippen LogP contribution is 2.14. The van der Waals surface area contributed by atoms with Crippen LogP contribution in [0.5, 0.6) is 0 Å². The molecule has 80 valence electrons. The van der Waals surface area contributed by atoms with Gasteiger partial charge in [0.05, 0.1) is 0 Å². The number of hydrogen-bond donors (Lipinski definition) is 2. The first-order chi connectivity index (χ1) is 6.28. The molecule has 3 N–H and O–H groups in total. The summed E-state index contributed by atoms with van der Waals surface area (Å²) in [7, 11) is 0. The lowest BCUT2D eigenvalue weighted by atomic mass is 10.2. The van der Waals surface area contributed by atoms with E-state index in [2.05, 4.69) is 18.3 Å². The number of allylic oxidation sites excluding steroid dienone is 1. The first kappa shape index (κ1) is 12.5. The molecule has 0 aromatic carbocycles. The van der Waals surface area contributed by atoms with E-state index in [1.807, 2.05) is 5.32 Å². The van der Waals surface area contributed by atoms with Gasteiger partial charge in [-0.15, -0.1) is 0 Å². The highest BCUT2D eigenvalue weighted by Gasteiger charge is 2.27. The summed E-state index contributed by atoms with van der Waals surface area (Å²) < 4.78 is 35.3. The van der Waals surface area contributed by atoms with Gasteiger partial charge in [0, 0.05) is 0 Å². The Hall–Kier alpha value is -1.46. The third-order valence-electron chi connectivity index (χ3n) is 1.30. The zero-order valence-corrected chi connectivity index (χ0v) is 7.78. The van der Waals surface area contributed by atoms with Crippen molar-refractivity contribution in [3.05, 3.63) is 23.7 Å². The van der Waals surface area contributed by atoms with E-state index in [1.54, 1.807) is 6.92 Å². The third kappa shape index (κ3) is 4.54. The number of halogens is 3. The number of hydrogen-bond acceptors (Lipinski definition) is 3. The third-order valence-corrected chi connectivity index (χ3v) is 1.30. The molecule has 6 heteroatoms. The van der Waals surface area contributed by atoms with Crippen LogP contribution in [0.4, 0.5) is 13.2 Å². The molecule has 0 heterocycles. The van der Waals surface area contributed by atoms with Crippen LogP contribution >= 0.6 is 0 Å². The molecule has 0 saturated heterocycles. The fourth-order valence-corrected chi connectivity index (χ4v) is 0.729. The quantitative estimate of drug-likeness (QED) is 0.542. The molecule has 0 aromatic rings. The first-order valence-corrected chi connectivity index (χ1v) is 3.71. The Bertz CT molecular complexity index is 265. The Balaban J connectivity index is 4.51. The van der Waals surface area contributed by atoms with Gasteiger partial charge in [0.2, 0.25) is 0 Å². The van der Waals surface area contributed by atoms with Gasteiger partial charge in [-0.05, 0) is 19.2 Å². The molecular weight excluding hydrogens is 195 g/mol. The Kier molecular flexibility index (Phi) is 4.20. The van der Waals surface area contributed by atoms with Crippen LogP contribution in [-0.2, 0) is 0 Å². The van der Waals surface area contributed by atoms with E-state index < -0.39 is 12.7 Å². The fourth-order valence-electron chi connectivity index (χ4n) is 0.729. The van der Waals surface area contributed by atoms with Crippen LogP contribution in [0.1, 0.15) is 6.92 Å². The number of rotatable bonds is 4. The summed E-state index contributed by atoms with van der Waals surface area (Å²) in [5.41, 5.74) is 5.91. The summed E-state index contributed by atoms with van der Waals surface area (Å²) in [6.45, 7) is 7.05. The second-order valence-electron chi connectivity index (χ2n) is 2.67. The van der Waals surface area contributed by atoms with Gasteiger partial charge >= 0.3 is 6.18 Å². The van der Waals surface area contributed by atoms with Crippen LogP contribution in [0.2, 0.25) is 0 Å². The molecule has 0 unspecified atom stereocenters. The Labute approximate surface area is 80.2 Å². The number of aliphatic imine (C=N–C) groups is 1. The summed E-state index contributed by atoms with van der Waals surface area (Å²) in [5, 5.41) is 1.99. The van der Waals surface area contributed by atoms with Crippen molar-refractivity contribution in [2.45, 2.75) is 13.1 Å². The zero-order valence-electron chi connectivity index (χ0n) is 7.78. The van der Waals surface area contributed by atoms with E-state index in [1.165, 1.54) is 0 Å². The molecule has 0 aliphatic rings. The maximum absolute atomic E-state index is 11.8. The van der Waals surface area contributed by atoms with Crippen molar-refractivity contribution in [3.8, 4) is 0 Å². The zero-order chi connectivity index (χ0) is 11.4. The molecule has 0 bridgehead atoms. The molecule has 0 aliphatic carbocycles. The van der Waals surface area contributed by atoms with Crippen molar-refractivity contribution in [1.29, 1.82) is 0 Å². The lowest BCUT2D eigenvalue weighted by Gasteiger charge is -2.11. The topological polar surface area (TPSA) is 50.4 Å². The van der Waals surface area contributed by atoms with Gasteiger partial charge in [-0.25, -0.2) is 0 Å². The van der Waals surface area contributed by atoms with Crippen molar-refractivity contribution < 1.29 is 13.2 Å². The Morgan fingerprint density at radius 2 is 2.00 bits per heavy atom.